The van der Waals surface area contributed by atoms with Crippen LogP contribution >= 0.6 is 0 Å². The van der Waals surface area contributed by atoms with Crippen molar-refractivity contribution in [3.63, 3.8) is 0 Å². The van der Waals surface area contributed by atoms with Gasteiger partial charge in [-0.25, -0.2) is 0 Å². The number of Topliss-reactive ketones (excluding diaryl/α,β-unsaturated/α-hetero) is 1. The zero-order valence-corrected chi connectivity index (χ0v) is 12.6. The van der Waals surface area contributed by atoms with E-state index in [2.05, 4.69) is 0 Å². The lowest BCUT2D eigenvalue weighted by Crippen LogP contribution is -2.24. The van der Waals surface area contributed by atoms with Crippen molar-refractivity contribution in [3.8, 4) is 5.75 Å². The summed E-state index contributed by atoms with van der Waals surface area (Å²) < 4.78 is 10.3. The molecular formula is C16H22O4. The van der Waals surface area contributed by atoms with Crippen LogP contribution in [0.15, 0.2) is 24.3 Å². The average molecular weight is 278 g/mol. The second-order valence-corrected chi connectivity index (χ2v) is 5.65. The number of benzene rings is 1. The zero-order chi connectivity index (χ0) is 15.2. The van der Waals surface area contributed by atoms with E-state index < -0.39 is 5.60 Å². The molecule has 0 spiro atoms. The van der Waals surface area contributed by atoms with Crippen molar-refractivity contribution >= 4 is 11.8 Å². The normalized spacial score (nSPS) is 11.0. The topological polar surface area (TPSA) is 52.6 Å². The SMILES string of the molecule is COc1cccc(CC(=O)CCC(=O)OC(C)(C)C)c1. The molecule has 0 aliphatic rings. The van der Waals surface area contributed by atoms with Gasteiger partial charge in [-0.3, -0.25) is 9.59 Å². The molecule has 0 radical (unpaired) electrons. The highest BCUT2D eigenvalue weighted by Gasteiger charge is 2.17. The third kappa shape index (κ3) is 6.36. The van der Waals surface area contributed by atoms with E-state index in [1.807, 2.05) is 45.0 Å². The minimum absolute atomic E-state index is 0.0177. The molecule has 0 amide bonds. The number of methoxy groups -OCH3 is 1. The Bertz CT molecular complexity index is 472. The summed E-state index contributed by atoms with van der Waals surface area (Å²) in [5.74, 6) is 0.406. The van der Waals surface area contributed by atoms with Crippen molar-refractivity contribution in [2.24, 2.45) is 0 Å². The molecule has 0 fully saturated rings. The quantitative estimate of drug-likeness (QED) is 0.751. The van der Waals surface area contributed by atoms with E-state index in [-0.39, 0.29) is 24.6 Å². The molecule has 0 atom stereocenters. The predicted molar refractivity (Wildman–Crippen MR) is 76.8 cm³/mol. The maximum absolute atomic E-state index is 11.8. The summed E-state index contributed by atoms with van der Waals surface area (Å²) in [6.45, 7) is 5.43. The van der Waals surface area contributed by atoms with Crippen molar-refractivity contribution in [1.29, 1.82) is 0 Å². The van der Waals surface area contributed by atoms with Gasteiger partial charge in [0.2, 0.25) is 0 Å². The molecule has 0 aliphatic heterocycles. The molecular weight excluding hydrogens is 256 g/mol. The van der Waals surface area contributed by atoms with Crippen LogP contribution < -0.4 is 4.74 Å². The highest BCUT2D eigenvalue weighted by atomic mass is 16.6. The lowest BCUT2D eigenvalue weighted by molar-refractivity contribution is -0.155. The standard InChI is InChI=1S/C16H22O4/c1-16(2,3)20-15(18)9-8-13(17)10-12-6-5-7-14(11-12)19-4/h5-7,11H,8-10H2,1-4H3. The first kappa shape index (κ1) is 16.2. The molecule has 0 bridgehead atoms. The van der Waals surface area contributed by atoms with E-state index in [0.717, 1.165) is 11.3 Å². The Hall–Kier alpha value is -1.84. The summed E-state index contributed by atoms with van der Waals surface area (Å²) in [6.07, 6.45) is 0.631. The Morgan fingerprint density at radius 1 is 1.15 bits per heavy atom. The third-order valence-electron chi connectivity index (χ3n) is 2.56. The van der Waals surface area contributed by atoms with Crippen molar-refractivity contribution in [1.82, 2.24) is 0 Å². The Balaban J connectivity index is 2.42. The van der Waals surface area contributed by atoms with Gasteiger partial charge in [-0.05, 0) is 38.5 Å². The second kappa shape index (κ2) is 7.08. The fraction of sp³-hybridized carbons (Fsp3) is 0.500. The molecule has 1 rings (SSSR count). The van der Waals surface area contributed by atoms with Crippen molar-refractivity contribution in [3.05, 3.63) is 29.8 Å². The molecule has 20 heavy (non-hydrogen) atoms. The number of carbonyl (C=O) groups is 2. The van der Waals surface area contributed by atoms with E-state index >= 15 is 0 Å². The molecule has 1 aromatic rings. The molecule has 0 N–H and O–H groups in total. The molecule has 4 nitrogen and oxygen atoms in total. The molecule has 0 heterocycles. The van der Waals surface area contributed by atoms with E-state index in [1.165, 1.54) is 0 Å². The first-order chi connectivity index (χ1) is 9.30. The minimum Gasteiger partial charge on any atom is -0.497 e. The van der Waals surface area contributed by atoms with E-state index in [0.29, 0.717) is 6.42 Å². The van der Waals surface area contributed by atoms with Crippen LogP contribution in [0.3, 0.4) is 0 Å². The summed E-state index contributed by atoms with van der Waals surface area (Å²) in [5, 5.41) is 0. The summed E-state index contributed by atoms with van der Waals surface area (Å²) in [5.41, 5.74) is 0.381. The molecule has 0 aliphatic carbocycles. The second-order valence-electron chi connectivity index (χ2n) is 5.65. The molecule has 0 unspecified atom stereocenters. The van der Waals surface area contributed by atoms with Crippen LogP contribution in [-0.2, 0) is 20.7 Å². The van der Waals surface area contributed by atoms with Crippen LogP contribution in [-0.4, -0.2) is 24.5 Å². The van der Waals surface area contributed by atoms with Gasteiger partial charge in [0.25, 0.3) is 0 Å². The number of ether oxygens (including phenoxy) is 2. The van der Waals surface area contributed by atoms with Crippen LogP contribution in [0.5, 0.6) is 5.75 Å². The number of hydrogen-bond donors (Lipinski definition) is 0. The molecule has 0 saturated heterocycles. The Morgan fingerprint density at radius 3 is 2.45 bits per heavy atom. The van der Waals surface area contributed by atoms with Gasteiger partial charge in [0.1, 0.15) is 17.1 Å². The molecule has 1 aromatic carbocycles. The summed E-state index contributed by atoms with van der Waals surface area (Å²) in [4.78, 5) is 23.4. The maximum atomic E-state index is 11.8. The molecule has 4 heteroatoms. The maximum Gasteiger partial charge on any atom is 0.306 e. The summed E-state index contributed by atoms with van der Waals surface area (Å²) in [6, 6.07) is 7.36. The van der Waals surface area contributed by atoms with Crippen molar-refractivity contribution < 1.29 is 19.1 Å². The number of rotatable bonds is 6. The highest BCUT2D eigenvalue weighted by molar-refractivity contribution is 5.84. The van der Waals surface area contributed by atoms with Gasteiger partial charge in [0, 0.05) is 12.8 Å². The van der Waals surface area contributed by atoms with Crippen molar-refractivity contribution in [2.45, 2.75) is 45.6 Å². The van der Waals surface area contributed by atoms with Gasteiger partial charge >= 0.3 is 5.97 Å². The fourth-order valence-corrected chi connectivity index (χ4v) is 1.73. The smallest absolute Gasteiger partial charge is 0.306 e. The predicted octanol–water partition coefficient (Wildman–Crippen LogP) is 2.93. The van der Waals surface area contributed by atoms with Crippen LogP contribution in [0.2, 0.25) is 0 Å². The van der Waals surface area contributed by atoms with Gasteiger partial charge in [0.15, 0.2) is 0 Å². The zero-order valence-electron chi connectivity index (χ0n) is 12.6. The largest absolute Gasteiger partial charge is 0.497 e. The van der Waals surface area contributed by atoms with Crippen LogP contribution in [0.25, 0.3) is 0 Å². The Labute approximate surface area is 120 Å². The highest BCUT2D eigenvalue weighted by Crippen LogP contribution is 2.14. The first-order valence-electron chi connectivity index (χ1n) is 6.66. The van der Waals surface area contributed by atoms with Gasteiger partial charge in [-0.2, -0.15) is 0 Å². The fourth-order valence-electron chi connectivity index (χ4n) is 1.73. The third-order valence-corrected chi connectivity index (χ3v) is 2.56. The van der Waals surface area contributed by atoms with Gasteiger partial charge in [-0.1, -0.05) is 12.1 Å². The van der Waals surface area contributed by atoms with E-state index in [1.54, 1.807) is 7.11 Å². The van der Waals surface area contributed by atoms with Crippen molar-refractivity contribution in [2.75, 3.05) is 7.11 Å². The lowest BCUT2D eigenvalue weighted by Gasteiger charge is -2.19. The van der Waals surface area contributed by atoms with Crippen LogP contribution in [0, 0.1) is 0 Å². The number of esters is 1. The molecule has 0 saturated carbocycles. The molecule has 0 aromatic heterocycles. The monoisotopic (exact) mass is 278 g/mol. The van der Waals surface area contributed by atoms with E-state index in [9.17, 15) is 9.59 Å². The Kier molecular flexibility index (Phi) is 5.74. The van der Waals surface area contributed by atoms with Crippen LogP contribution in [0.1, 0.15) is 39.2 Å². The molecule has 110 valence electrons. The van der Waals surface area contributed by atoms with Gasteiger partial charge in [0.05, 0.1) is 13.5 Å². The number of carbonyl (C=O) groups excluding carboxylic acids is 2. The van der Waals surface area contributed by atoms with Crippen LogP contribution in [0.4, 0.5) is 0 Å². The Morgan fingerprint density at radius 2 is 1.85 bits per heavy atom. The van der Waals surface area contributed by atoms with Gasteiger partial charge < -0.3 is 9.47 Å². The van der Waals surface area contributed by atoms with Gasteiger partial charge in [-0.15, -0.1) is 0 Å². The van der Waals surface area contributed by atoms with E-state index in [4.69, 9.17) is 9.47 Å². The number of ketones is 1. The summed E-state index contributed by atoms with van der Waals surface area (Å²) in [7, 11) is 1.59. The number of hydrogen-bond acceptors (Lipinski definition) is 4. The minimum atomic E-state index is -0.507. The lowest BCUT2D eigenvalue weighted by atomic mass is 10.1. The first-order valence-corrected chi connectivity index (χ1v) is 6.66. The summed E-state index contributed by atoms with van der Waals surface area (Å²) >= 11 is 0. The average Bonchev–Trinajstić information content (AvgIpc) is 2.34.